The number of anilines is 1. The Morgan fingerprint density at radius 1 is 0.939 bits per heavy atom. The lowest BCUT2D eigenvalue weighted by Crippen LogP contribution is -2.59. The molecule has 0 radical (unpaired) electrons. The van der Waals surface area contributed by atoms with Crippen molar-refractivity contribution in [3.8, 4) is 0 Å². The molecule has 1 amide bonds. The molecule has 1 aliphatic heterocycles. The Labute approximate surface area is 193 Å². The molecule has 4 fully saturated rings. The first-order chi connectivity index (χ1) is 15.9. The quantitative estimate of drug-likeness (QED) is 0.684. The molecule has 1 N–H and O–H groups in total. The molecule has 33 heavy (non-hydrogen) atoms. The Morgan fingerprint density at radius 3 is 2.06 bits per heavy atom. The van der Waals surface area contributed by atoms with E-state index in [1.165, 1.54) is 33.5 Å². The van der Waals surface area contributed by atoms with Crippen molar-refractivity contribution in [1.82, 2.24) is 5.32 Å². The van der Waals surface area contributed by atoms with Crippen molar-refractivity contribution in [2.24, 2.45) is 17.8 Å². The zero-order chi connectivity index (χ0) is 23.2. The van der Waals surface area contributed by atoms with Crippen molar-refractivity contribution in [2.75, 3.05) is 32.5 Å². The largest absolute Gasteiger partial charge is 0.466 e. The van der Waals surface area contributed by atoms with E-state index >= 15 is 0 Å². The number of nitrogens with zero attached hydrogens (tertiary/aromatic N) is 1. The molecule has 8 heteroatoms. The predicted octanol–water partition coefficient (Wildman–Crippen LogP) is 2.78. The minimum absolute atomic E-state index is 0.0425. The van der Waals surface area contributed by atoms with Crippen LogP contribution in [0.3, 0.4) is 0 Å². The first-order valence-corrected chi connectivity index (χ1v) is 11.6. The molecule has 0 saturated heterocycles. The summed E-state index contributed by atoms with van der Waals surface area (Å²) in [5.41, 5.74) is 1.31. The molecule has 4 saturated carbocycles. The normalized spacial score (nSPS) is 30.2. The Morgan fingerprint density at radius 2 is 1.52 bits per heavy atom. The Hall–Kier alpha value is -2.87. The summed E-state index contributed by atoms with van der Waals surface area (Å²) in [6.07, 6.45) is 7.26. The first kappa shape index (κ1) is 21.9. The topological polar surface area (TPSA) is 94.2 Å². The number of esters is 2. The lowest BCUT2D eigenvalue weighted by molar-refractivity contribution is -0.140. The molecule has 8 nitrogen and oxygen atoms in total. The van der Waals surface area contributed by atoms with Gasteiger partial charge in [-0.3, -0.25) is 4.79 Å². The lowest BCUT2D eigenvalue weighted by atomic mass is 9.53. The van der Waals surface area contributed by atoms with Crippen molar-refractivity contribution in [1.29, 1.82) is 0 Å². The Balaban J connectivity index is 1.35. The highest BCUT2D eigenvalue weighted by Crippen LogP contribution is 2.55. The number of amides is 1. The number of ether oxygens (including phenoxy) is 3. The molecule has 1 heterocycles. The van der Waals surface area contributed by atoms with Crippen molar-refractivity contribution in [2.45, 2.75) is 44.1 Å². The minimum Gasteiger partial charge on any atom is -0.466 e. The molecule has 1 aromatic rings. The molecule has 0 atom stereocenters. The van der Waals surface area contributed by atoms with Crippen molar-refractivity contribution in [3.05, 3.63) is 41.1 Å². The van der Waals surface area contributed by atoms with Gasteiger partial charge in [0.25, 0.3) is 5.91 Å². The molecule has 1 aromatic carbocycles. The fourth-order valence-electron chi connectivity index (χ4n) is 6.72. The van der Waals surface area contributed by atoms with E-state index in [1.807, 2.05) is 0 Å². The molecule has 5 aliphatic rings. The van der Waals surface area contributed by atoms with Crippen LogP contribution in [0.5, 0.6) is 0 Å². The van der Waals surface area contributed by atoms with Crippen LogP contribution in [0.25, 0.3) is 0 Å². The third kappa shape index (κ3) is 4.01. The van der Waals surface area contributed by atoms with Crippen molar-refractivity contribution < 1.29 is 28.6 Å². The standard InChI is InChI=1S/C25H30N2O6/c1-31-23(29)20-13-33-14-27(21(20)24(30)32-2)19-5-3-18(4-6-19)22(28)26-25-10-15-7-16(11-25)9-17(8-15)12-25/h3-6,15-17H,7-14H2,1-2H3,(H,26,28). The highest BCUT2D eigenvalue weighted by atomic mass is 16.5. The van der Waals surface area contributed by atoms with Gasteiger partial charge in [0.2, 0.25) is 0 Å². The predicted molar refractivity (Wildman–Crippen MR) is 119 cm³/mol. The fourth-order valence-corrected chi connectivity index (χ4v) is 6.72. The first-order valence-electron chi connectivity index (χ1n) is 11.6. The third-order valence-corrected chi connectivity index (χ3v) is 7.69. The van der Waals surface area contributed by atoms with Crippen LogP contribution in [0.4, 0.5) is 5.69 Å². The number of nitrogens with one attached hydrogen (secondary N) is 1. The maximum absolute atomic E-state index is 13.1. The van der Waals surface area contributed by atoms with E-state index in [4.69, 9.17) is 14.2 Å². The van der Waals surface area contributed by atoms with Crippen LogP contribution in [-0.2, 0) is 23.8 Å². The van der Waals surface area contributed by atoms with Gasteiger partial charge in [0.05, 0.1) is 26.4 Å². The van der Waals surface area contributed by atoms with Gasteiger partial charge in [-0.05, 0) is 80.5 Å². The van der Waals surface area contributed by atoms with E-state index in [0.717, 1.165) is 37.0 Å². The molecule has 4 aliphatic carbocycles. The maximum Gasteiger partial charge on any atom is 0.355 e. The summed E-state index contributed by atoms with van der Waals surface area (Å²) in [4.78, 5) is 39.3. The average molecular weight is 455 g/mol. The summed E-state index contributed by atoms with van der Waals surface area (Å²) in [5.74, 6) is 0.910. The van der Waals surface area contributed by atoms with Gasteiger partial charge in [-0.25, -0.2) is 9.59 Å². The molecule has 0 aromatic heterocycles. The summed E-state index contributed by atoms with van der Waals surface area (Å²) in [7, 11) is 2.51. The fraction of sp³-hybridized carbons (Fsp3) is 0.560. The smallest absolute Gasteiger partial charge is 0.355 e. The molecule has 176 valence electrons. The SMILES string of the molecule is COC(=O)C1=C(C(=O)OC)N(c2ccc(C(=O)NC34CC5CC(CC(C5)C3)C4)cc2)COC1. The van der Waals surface area contributed by atoms with E-state index in [1.54, 1.807) is 29.2 Å². The second kappa shape index (κ2) is 8.48. The van der Waals surface area contributed by atoms with Crippen LogP contribution in [0, 0.1) is 17.8 Å². The number of hydrogen-bond donors (Lipinski definition) is 1. The molecule has 0 unspecified atom stereocenters. The zero-order valence-electron chi connectivity index (χ0n) is 19.1. The summed E-state index contributed by atoms with van der Waals surface area (Å²) < 4.78 is 15.2. The highest BCUT2D eigenvalue weighted by molar-refractivity contribution is 6.03. The number of hydrogen-bond acceptors (Lipinski definition) is 7. The maximum atomic E-state index is 13.1. The Kier molecular flexibility index (Phi) is 5.64. The van der Waals surface area contributed by atoms with Crippen LogP contribution in [0.1, 0.15) is 48.9 Å². The van der Waals surface area contributed by atoms with Crippen molar-refractivity contribution in [3.63, 3.8) is 0 Å². The van der Waals surface area contributed by atoms with Gasteiger partial charge in [0.15, 0.2) is 0 Å². The van der Waals surface area contributed by atoms with Gasteiger partial charge in [0, 0.05) is 16.8 Å². The van der Waals surface area contributed by atoms with Crippen LogP contribution in [0.15, 0.2) is 35.5 Å². The molecular formula is C25H30N2O6. The molecule has 6 rings (SSSR count). The van der Waals surface area contributed by atoms with Crippen LogP contribution in [0.2, 0.25) is 0 Å². The second-order valence-corrected chi connectivity index (χ2v) is 9.91. The highest BCUT2D eigenvalue weighted by Gasteiger charge is 2.51. The van der Waals surface area contributed by atoms with Gasteiger partial charge in [-0.1, -0.05) is 0 Å². The van der Waals surface area contributed by atoms with Crippen LogP contribution in [-0.4, -0.2) is 50.9 Å². The summed E-state index contributed by atoms with van der Waals surface area (Å²) >= 11 is 0. The summed E-state index contributed by atoms with van der Waals surface area (Å²) in [5, 5.41) is 3.38. The number of methoxy groups -OCH3 is 2. The van der Waals surface area contributed by atoms with Crippen LogP contribution < -0.4 is 10.2 Å². The van der Waals surface area contributed by atoms with E-state index in [2.05, 4.69) is 5.32 Å². The summed E-state index contributed by atoms with van der Waals surface area (Å²) in [6.45, 7) is 0.0307. The number of carbonyl (C=O) groups is 3. The van der Waals surface area contributed by atoms with Gasteiger partial charge in [-0.15, -0.1) is 0 Å². The van der Waals surface area contributed by atoms with E-state index in [0.29, 0.717) is 11.3 Å². The number of benzene rings is 1. The Bertz CT molecular complexity index is 963. The molecule has 4 bridgehead atoms. The molecular weight excluding hydrogens is 424 g/mol. The van der Waals surface area contributed by atoms with E-state index in [-0.39, 0.29) is 36.1 Å². The average Bonchev–Trinajstić information content (AvgIpc) is 2.81. The van der Waals surface area contributed by atoms with Gasteiger partial charge >= 0.3 is 11.9 Å². The minimum atomic E-state index is -0.651. The zero-order valence-corrected chi connectivity index (χ0v) is 19.1. The summed E-state index contributed by atoms with van der Waals surface area (Å²) in [6, 6.07) is 6.99. The number of rotatable bonds is 5. The van der Waals surface area contributed by atoms with Gasteiger partial charge < -0.3 is 24.4 Å². The lowest BCUT2D eigenvalue weighted by Gasteiger charge is -2.56. The molecule has 0 spiro atoms. The van der Waals surface area contributed by atoms with E-state index in [9.17, 15) is 14.4 Å². The van der Waals surface area contributed by atoms with Crippen molar-refractivity contribution >= 4 is 23.5 Å². The van der Waals surface area contributed by atoms with E-state index < -0.39 is 11.9 Å². The monoisotopic (exact) mass is 454 g/mol. The number of carbonyl (C=O) groups excluding carboxylic acids is 3. The third-order valence-electron chi connectivity index (χ3n) is 7.69. The second-order valence-electron chi connectivity index (χ2n) is 9.91. The van der Waals surface area contributed by atoms with Crippen LogP contribution >= 0.6 is 0 Å². The van der Waals surface area contributed by atoms with Gasteiger partial charge in [0.1, 0.15) is 12.4 Å². The van der Waals surface area contributed by atoms with Gasteiger partial charge in [-0.2, -0.15) is 0 Å².